The van der Waals surface area contributed by atoms with Gasteiger partial charge in [0, 0.05) is 24.4 Å². The third-order valence-electron chi connectivity index (χ3n) is 2.79. The van der Waals surface area contributed by atoms with Crippen molar-refractivity contribution in [1.82, 2.24) is 9.55 Å². The van der Waals surface area contributed by atoms with Crippen LogP contribution in [0.25, 0.3) is 5.69 Å². The minimum absolute atomic E-state index is 0.152. The van der Waals surface area contributed by atoms with Gasteiger partial charge in [-0.15, -0.1) is 0 Å². The summed E-state index contributed by atoms with van der Waals surface area (Å²) in [5.41, 5.74) is 1.07. The molecule has 0 spiro atoms. The first-order chi connectivity index (χ1) is 8.63. The van der Waals surface area contributed by atoms with Crippen LogP contribution in [0.2, 0.25) is 0 Å². The molecule has 0 saturated carbocycles. The summed E-state index contributed by atoms with van der Waals surface area (Å²) in [5, 5.41) is 0. The minimum atomic E-state index is -0.402. The number of hydrogen-bond donors (Lipinski definition) is 0. The van der Waals surface area contributed by atoms with Gasteiger partial charge >= 0.3 is 0 Å². The van der Waals surface area contributed by atoms with E-state index in [0.29, 0.717) is 11.3 Å². The van der Waals surface area contributed by atoms with E-state index in [1.165, 1.54) is 19.1 Å². The molecule has 18 heavy (non-hydrogen) atoms. The summed E-state index contributed by atoms with van der Waals surface area (Å²) in [6.07, 6.45) is 5.28. The van der Waals surface area contributed by atoms with E-state index in [0.717, 1.165) is 18.7 Å². The first-order valence-electron chi connectivity index (χ1n) is 5.96. The molecule has 1 aromatic carbocycles. The molecule has 2 aromatic rings. The Balaban J connectivity index is 2.56. The molecule has 0 fully saturated rings. The van der Waals surface area contributed by atoms with Crippen LogP contribution < -0.4 is 0 Å². The van der Waals surface area contributed by atoms with E-state index < -0.39 is 5.82 Å². The number of aryl methyl sites for hydroxylation is 1. The van der Waals surface area contributed by atoms with Gasteiger partial charge in [0.25, 0.3) is 0 Å². The van der Waals surface area contributed by atoms with E-state index in [4.69, 9.17) is 0 Å². The van der Waals surface area contributed by atoms with Crippen LogP contribution in [-0.2, 0) is 6.42 Å². The molecule has 1 heterocycles. The first kappa shape index (κ1) is 12.5. The topological polar surface area (TPSA) is 34.9 Å². The molecule has 0 amide bonds. The van der Waals surface area contributed by atoms with Crippen LogP contribution in [0.4, 0.5) is 4.39 Å². The average Bonchev–Trinajstić information content (AvgIpc) is 2.77. The predicted molar refractivity (Wildman–Crippen MR) is 67.5 cm³/mol. The summed E-state index contributed by atoms with van der Waals surface area (Å²) in [4.78, 5) is 15.8. The Hall–Kier alpha value is -1.97. The summed E-state index contributed by atoms with van der Waals surface area (Å²) >= 11 is 0. The Morgan fingerprint density at radius 3 is 2.89 bits per heavy atom. The summed E-state index contributed by atoms with van der Waals surface area (Å²) < 4.78 is 15.1. The molecule has 0 unspecified atom stereocenters. The quantitative estimate of drug-likeness (QED) is 0.777. The van der Waals surface area contributed by atoms with Gasteiger partial charge in [0.1, 0.15) is 11.6 Å². The molecule has 0 aliphatic carbocycles. The number of ketones is 1. The second-order valence-corrected chi connectivity index (χ2v) is 4.18. The maximum atomic E-state index is 13.2. The van der Waals surface area contributed by atoms with Gasteiger partial charge in [-0.05, 0) is 31.5 Å². The van der Waals surface area contributed by atoms with Gasteiger partial charge in [-0.2, -0.15) is 0 Å². The molecular formula is C14H15FN2O. The van der Waals surface area contributed by atoms with Crippen molar-refractivity contribution < 1.29 is 9.18 Å². The Bertz CT molecular complexity index is 575. The number of imidazole rings is 1. The van der Waals surface area contributed by atoms with Crippen molar-refractivity contribution in [3.05, 3.63) is 47.8 Å². The summed E-state index contributed by atoms with van der Waals surface area (Å²) in [7, 11) is 0. The number of rotatable bonds is 4. The van der Waals surface area contributed by atoms with Crippen molar-refractivity contribution in [3.63, 3.8) is 0 Å². The highest BCUT2D eigenvalue weighted by Gasteiger charge is 2.12. The normalized spacial score (nSPS) is 10.6. The van der Waals surface area contributed by atoms with Crippen LogP contribution in [0.15, 0.2) is 30.6 Å². The maximum Gasteiger partial charge on any atom is 0.162 e. The fourth-order valence-corrected chi connectivity index (χ4v) is 1.96. The van der Waals surface area contributed by atoms with Crippen molar-refractivity contribution in [1.29, 1.82) is 0 Å². The smallest absolute Gasteiger partial charge is 0.162 e. The summed E-state index contributed by atoms with van der Waals surface area (Å²) in [6, 6.07) is 4.25. The molecule has 0 aliphatic heterocycles. The molecule has 0 radical (unpaired) electrons. The van der Waals surface area contributed by atoms with E-state index in [9.17, 15) is 9.18 Å². The highest BCUT2D eigenvalue weighted by molar-refractivity contribution is 5.97. The lowest BCUT2D eigenvalue weighted by Gasteiger charge is -2.11. The van der Waals surface area contributed by atoms with Crippen molar-refractivity contribution in [2.75, 3.05) is 0 Å². The highest BCUT2D eigenvalue weighted by Crippen LogP contribution is 2.19. The minimum Gasteiger partial charge on any atom is -0.303 e. The van der Waals surface area contributed by atoms with E-state index in [-0.39, 0.29) is 5.78 Å². The van der Waals surface area contributed by atoms with Gasteiger partial charge in [-0.3, -0.25) is 4.79 Å². The van der Waals surface area contributed by atoms with E-state index in [2.05, 4.69) is 11.9 Å². The molecule has 0 aliphatic rings. The largest absolute Gasteiger partial charge is 0.303 e. The SMILES string of the molecule is CCCc1nccn1-c1ccc(F)cc1C(C)=O. The van der Waals surface area contributed by atoms with Crippen LogP contribution in [0.5, 0.6) is 0 Å². The summed E-state index contributed by atoms with van der Waals surface area (Å²) in [5.74, 6) is 0.327. The zero-order chi connectivity index (χ0) is 13.1. The lowest BCUT2D eigenvalue weighted by atomic mass is 10.1. The molecule has 4 heteroatoms. The summed E-state index contributed by atoms with van der Waals surface area (Å²) in [6.45, 7) is 3.50. The number of carbonyl (C=O) groups is 1. The molecular weight excluding hydrogens is 231 g/mol. The maximum absolute atomic E-state index is 13.2. The van der Waals surface area contributed by atoms with Crippen LogP contribution >= 0.6 is 0 Å². The molecule has 3 nitrogen and oxygen atoms in total. The number of halogens is 1. The molecule has 0 atom stereocenters. The Morgan fingerprint density at radius 2 is 2.22 bits per heavy atom. The molecule has 94 valence electrons. The van der Waals surface area contributed by atoms with E-state index >= 15 is 0 Å². The first-order valence-corrected chi connectivity index (χ1v) is 5.96. The fraction of sp³-hybridized carbons (Fsp3) is 0.286. The van der Waals surface area contributed by atoms with Gasteiger partial charge in [-0.1, -0.05) is 6.92 Å². The number of aromatic nitrogens is 2. The molecule has 1 aromatic heterocycles. The standard InChI is InChI=1S/C14H15FN2O/c1-3-4-14-16-7-8-17(14)13-6-5-11(15)9-12(13)10(2)18/h5-9H,3-4H2,1-2H3. The molecule has 0 N–H and O–H groups in total. The zero-order valence-electron chi connectivity index (χ0n) is 10.5. The third kappa shape index (κ3) is 2.32. The van der Waals surface area contributed by atoms with Gasteiger partial charge in [0.05, 0.1) is 5.69 Å². The van der Waals surface area contributed by atoms with Gasteiger partial charge < -0.3 is 4.57 Å². The Labute approximate surface area is 105 Å². The lowest BCUT2D eigenvalue weighted by Crippen LogP contribution is -2.07. The predicted octanol–water partition coefficient (Wildman–Crippen LogP) is 3.17. The number of Topliss-reactive ketones (excluding diaryl/α,β-unsaturated/α-hetero) is 1. The number of hydrogen-bond acceptors (Lipinski definition) is 2. The van der Waals surface area contributed by atoms with Gasteiger partial charge in [0.2, 0.25) is 0 Å². The molecule has 2 rings (SSSR count). The zero-order valence-corrected chi connectivity index (χ0v) is 10.5. The Morgan fingerprint density at radius 1 is 1.44 bits per heavy atom. The van der Waals surface area contributed by atoms with Gasteiger partial charge in [-0.25, -0.2) is 9.37 Å². The lowest BCUT2D eigenvalue weighted by molar-refractivity contribution is 0.101. The van der Waals surface area contributed by atoms with Gasteiger partial charge in [0.15, 0.2) is 5.78 Å². The van der Waals surface area contributed by atoms with Crippen LogP contribution in [0.1, 0.15) is 36.5 Å². The monoisotopic (exact) mass is 246 g/mol. The third-order valence-corrected chi connectivity index (χ3v) is 2.79. The van der Waals surface area contributed by atoms with Crippen molar-refractivity contribution in [2.24, 2.45) is 0 Å². The van der Waals surface area contributed by atoms with Crippen molar-refractivity contribution in [2.45, 2.75) is 26.7 Å². The van der Waals surface area contributed by atoms with Crippen LogP contribution in [0, 0.1) is 5.82 Å². The number of carbonyl (C=O) groups excluding carboxylic acids is 1. The fourth-order valence-electron chi connectivity index (χ4n) is 1.96. The van der Waals surface area contributed by atoms with Crippen LogP contribution in [0.3, 0.4) is 0 Å². The van der Waals surface area contributed by atoms with E-state index in [1.807, 2.05) is 4.57 Å². The van der Waals surface area contributed by atoms with Crippen molar-refractivity contribution >= 4 is 5.78 Å². The van der Waals surface area contributed by atoms with Crippen LogP contribution in [-0.4, -0.2) is 15.3 Å². The second kappa shape index (κ2) is 5.12. The average molecular weight is 246 g/mol. The number of benzene rings is 1. The Kier molecular flexibility index (Phi) is 3.55. The second-order valence-electron chi connectivity index (χ2n) is 4.18. The molecule has 0 bridgehead atoms. The number of nitrogens with zero attached hydrogens (tertiary/aromatic N) is 2. The van der Waals surface area contributed by atoms with E-state index in [1.54, 1.807) is 18.5 Å². The van der Waals surface area contributed by atoms with Crippen molar-refractivity contribution in [3.8, 4) is 5.69 Å². The highest BCUT2D eigenvalue weighted by atomic mass is 19.1. The molecule has 0 saturated heterocycles.